The van der Waals surface area contributed by atoms with E-state index in [1.807, 2.05) is 36.1 Å². The lowest BCUT2D eigenvalue weighted by molar-refractivity contribution is 0.375. The zero-order valence-corrected chi connectivity index (χ0v) is 13.2. The van der Waals surface area contributed by atoms with E-state index >= 15 is 0 Å². The molecule has 0 aliphatic carbocycles. The molecular formula is C16H22N4S. The van der Waals surface area contributed by atoms with Crippen LogP contribution in [-0.4, -0.2) is 33.5 Å². The lowest BCUT2D eigenvalue weighted by Crippen LogP contribution is -2.24. The average Bonchev–Trinajstić information content (AvgIpc) is 3.04. The molecule has 0 radical (unpaired) electrons. The van der Waals surface area contributed by atoms with Gasteiger partial charge in [0.25, 0.3) is 0 Å². The number of nitrogens with one attached hydrogen (secondary N) is 1. The fourth-order valence-electron chi connectivity index (χ4n) is 2.95. The summed E-state index contributed by atoms with van der Waals surface area (Å²) in [5, 5.41) is 11.9. The van der Waals surface area contributed by atoms with Crippen LogP contribution in [0.3, 0.4) is 0 Å². The van der Waals surface area contributed by atoms with Crippen LogP contribution in [0.4, 0.5) is 0 Å². The molecule has 0 bridgehead atoms. The first-order valence-electron chi connectivity index (χ1n) is 7.59. The van der Waals surface area contributed by atoms with E-state index in [2.05, 4.69) is 39.5 Å². The lowest BCUT2D eigenvalue weighted by Gasteiger charge is -2.26. The van der Waals surface area contributed by atoms with Crippen LogP contribution < -0.4 is 5.32 Å². The fourth-order valence-corrected chi connectivity index (χ4v) is 4.16. The molecule has 0 spiro atoms. The molecular weight excluding hydrogens is 280 g/mol. The van der Waals surface area contributed by atoms with Crippen LogP contribution in [0.5, 0.6) is 0 Å². The van der Waals surface area contributed by atoms with Crippen LogP contribution in [0.2, 0.25) is 0 Å². The van der Waals surface area contributed by atoms with E-state index in [0.717, 1.165) is 23.7 Å². The molecule has 0 saturated carbocycles. The first-order chi connectivity index (χ1) is 10.4. The smallest absolute Gasteiger partial charge is 0.0815 e. The average molecular weight is 302 g/mol. The van der Waals surface area contributed by atoms with Crippen molar-refractivity contribution < 1.29 is 0 Å². The van der Waals surface area contributed by atoms with Crippen LogP contribution in [0.25, 0.3) is 5.69 Å². The second-order valence-electron chi connectivity index (χ2n) is 5.54. The van der Waals surface area contributed by atoms with Gasteiger partial charge in [0, 0.05) is 0 Å². The van der Waals surface area contributed by atoms with E-state index in [1.54, 1.807) is 0 Å². The number of hydrogen-bond donors (Lipinski definition) is 1. The Morgan fingerprint density at radius 3 is 2.76 bits per heavy atom. The number of para-hydroxylation sites is 1. The van der Waals surface area contributed by atoms with Gasteiger partial charge in [0.15, 0.2) is 0 Å². The van der Waals surface area contributed by atoms with E-state index in [-0.39, 0.29) is 0 Å². The van der Waals surface area contributed by atoms with Crippen molar-refractivity contribution in [2.24, 2.45) is 5.92 Å². The molecule has 1 N–H and O–H groups in total. The number of thioether (sulfide) groups is 1. The van der Waals surface area contributed by atoms with Gasteiger partial charge in [0.1, 0.15) is 0 Å². The van der Waals surface area contributed by atoms with Gasteiger partial charge in [-0.3, -0.25) is 0 Å². The molecule has 4 nitrogen and oxygen atoms in total. The topological polar surface area (TPSA) is 42.7 Å². The van der Waals surface area contributed by atoms with Gasteiger partial charge in [0.05, 0.1) is 23.6 Å². The number of rotatable bonds is 5. The van der Waals surface area contributed by atoms with Gasteiger partial charge in [-0.2, -0.15) is 11.8 Å². The summed E-state index contributed by atoms with van der Waals surface area (Å²) in [5.41, 5.74) is 2.23. The summed E-state index contributed by atoms with van der Waals surface area (Å²) in [7, 11) is 2.03. The summed E-state index contributed by atoms with van der Waals surface area (Å²) in [4.78, 5) is 0. The monoisotopic (exact) mass is 302 g/mol. The predicted molar refractivity (Wildman–Crippen MR) is 87.8 cm³/mol. The van der Waals surface area contributed by atoms with E-state index in [4.69, 9.17) is 0 Å². The minimum absolute atomic E-state index is 0.313. The standard InChI is InChI=1S/C16H22N4S/c1-17-15(11-13-7-9-21-10-8-13)16-12-18-19-20(16)14-5-3-2-4-6-14/h2-6,12-13,15,17H,7-11H2,1H3. The molecule has 1 aromatic carbocycles. The third-order valence-electron chi connectivity index (χ3n) is 4.19. The Kier molecular flexibility index (Phi) is 4.93. The molecule has 0 amide bonds. The molecule has 5 heteroatoms. The third kappa shape index (κ3) is 3.47. The van der Waals surface area contributed by atoms with E-state index < -0.39 is 0 Å². The van der Waals surface area contributed by atoms with Crippen molar-refractivity contribution in [2.75, 3.05) is 18.6 Å². The second-order valence-corrected chi connectivity index (χ2v) is 6.76. The molecule has 21 heavy (non-hydrogen) atoms. The van der Waals surface area contributed by atoms with Crippen LogP contribution >= 0.6 is 11.8 Å². The molecule has 1 aromatic heterocycles. The highest BCUT2D eigenvalue weighted by Crippen LogP contribution is 2.31. The van der Waals surface area contributed by atoms with E-state index in [0.29, 0.717) is 6.04 Å². The summed E-state index contributed by atoms with van der Waals surface area (Å²) in [6, 6.07) is 10.6. The molecule has 1 atom stereocenters. The maximum Gasteiger partial charge on any atom is 0.0815 e. The van der Waals surface area contributed by atoms with Crippen molar-refractivity contribution in [3.8, 4) is 5.69 Å². The van der Waals surface area contributed by atoms with Crippen LogP contribution in [0.1, 0.15) is 31.0 Å². The van der Waals surface area contributed by atoms with Gasteiger partial charge < -0.3 is 5.32 Å². The van der Waals surface area contributed by atoms with Crippen molar-refractivity contribution in [1.29, 1.82) is 0 Å². The summed E-state index contributed by atoms with van der Waals surface area (Å²) >= 11 is 2.08. The van der Waals surface area contributed by atoms with Gasteiger partial charge in [-0.15, -0.1) is 5.10 Å². The fraction of sp³-hybridized carbons (Fsp3) is 0.500. The summed E-state index contributed by atoms with van der Waals surface area (Å²) in [6.07, 6.45) is 5.72. The minimum atomic E-state index is 0.313. The van der Waals surface area contributed by atoms with Gasteiger partial charge in [-0.25, -0.2) is 4.68 Å². The second kappa shape index (κ2) is 7.09. The maximum atomic E-state index is 4.27. The molecule has 2 heterocycles. The molecule has 1 aliphatic heterocycles. The summed E-state index contributed by atoms with van der Waals surface area (Å²) in [6.45, 7) is 0. The van der Waals surface area contributed by atoms with E-state index in [1.165, 1.54) is 24.3 Å². The SMILES string of the molecule is CNC(CC1CCSCC1)c1cnnn1-c1ccccc1. The van der Waals surface area contributed by atoms with Gasteiger partial charge in [-0.05, 0) is 55.9 Å². The highest BCUT2D eigenvalue weighted by Gasteiger charge is 2.22. The molecule has 1 unspecified atom stereocenters. The molecule has 3 rings (SSSR count). The zero-order chi connectivity index (χ0) is 14.5. The Labute approximate surface area is 130 Å². The lowest BCUT2D eigenvalue weighted by atomic mass is 9.93. The molecule has 1 saturated heterocycles. The first-order valence-corrected chi connectivity index (χ1v) is 8.75. The third-order valence-corrected chi connectivity index (χ3v) is 5.24. The predicted octanol–water partition coefficient (Wildman–Crippen LogP) is 3.06. The van der Waals surface area contributed by atoms with Crippen molar-refractivity contribution in [2.45, 2.75) is 25.3 Å². The summed E-state index contributed by atoms with van der Waals surface area (Å²) < 4.78 is 1.96. The highest BCUT2D eigenvalue weighted by atomic mass is 32.2. The Morgan fingerprint density at radius 1 is 1.29 bits per heavy atom. The van der Waals surface area contributed by atoms with Crippen molar-refractivity contribution >= 4 is 11.8 Å². The first kappa shape index (κ1) is 14.6. The van der Waals surface area contributed by atoms with Gasteiger partial charge in [0.2, 0.25) is 0 Å². The number of benzene rings is 1. The van der Waals surface area contributed by atoms with Gasteiger partial charge in [-0.1, -0.05) is 23.4 Å². The maximum absolute atomic E-state index is 4.27. The quantitative estimate of drug-likeness (QED) is 0.922. The highest BCUT2D eigenvalue weighted by molar-refractivity contribution is 7.99. The number of hydrogen-bond acceptors (Lipinski definition) is 4. The summed E-state index contributed by atoms with van der Waals surface area (Å²) in [5.74, 6) is 3.41. The molecule has 2 aromatic rings. The molecule has 1 aliphatic rings. The normalized spacial score (nSPS) is 17.8. The Hall–Kier alpha value is -1.33. The van der Waals surface area contributed by atoms with E-state index in [9.17, 15) is 0 Å². The van der Waals surface area contributed by atoms with Crippen LogP contribution in [0, 0.1) is 5.92 Å². The minimum Gasteiger partial charge on any atom is -0.312 e. The molecule has 1 fully saturated rings. The zero-order valence-electron chi connectivity index (χ0n) is 12.4. The number of aromatic nitrogens is 3. The Balaban J connectivity index is 1.79. The van der Waals surface area contributed by atoms with Crippen molar-refractivity contribution in [3.05, 3.63) is 42.2 Å². The van der Waals surface area contributed by atoms with Crippen molar-refractivity contribution in [3.63, 3.8) is 0 Å². The largest absolute Gasteiger partial charge is 0.312 e. The van der Waals surface area contributed by atoms with Crippen molar-refractivity contribution in [1.82, 2.24) is 20.3 Å². The van der Waals surface area contributed by atoms with Crippen LogP contribution in [0.15, 0.2) is 36.5 Å². The van der Waals surface area contributed by atoms with Gasteiger partial charge >= 0.3 is 0 Å². The van der Waals surface area contributed by atoms with Crippen LogP contribution in [-0.2, 0) is 0 Å². The number of nitrogens with zero attached hydrogens (tertiary/aromatic N) is 3. The Bertz CT molecular complexity index is 548. The molecule has 112 valence electrons. The Morgan fingerprint density at radius 2 is 2.05 bits per heavy atom.